The van der Waals surface area contributed by atoms with Crippen LogP contribution in [0.1, 0.15) is 57.2 Å². The van der Waals surface area contributed by atoms with Crippen molar-refractivity contribution in [3.63, 3.8) is 0 Å². The number of aliphatic hydroxyl groups excluding tert-OH is 1. The second-order valence-corrected chi connectivity index (χ2v) is 8.08. The maximum atomic E-state index is 13.6. The van der Waals surface area contributed by atoms with Gasteiger partial charge in [0.25, 0.3) is 0 Å². The first kappa shape index (κ1) is 25.0. The van der Waals surface area contributed by atoms with Crippen LogP contribution in [0.5, 0.6) is 0 Å². The van der Waals surface area contributed by atoms with E-state index in [-0.39, 0.29) is 24.4 Å². The number of aryl methyl sites for hydroxylation is 1. The highest BCUT2D eigenvalue weighted by molar-refractivity contribution is 5.73. The molecule has 6 heteroatoms. The van der Waals surface area contributed by atoms with Gasteiger partial charge in [0, 0.05) is 25.1 Å². The maximum absolute atomic E-state index is 13.6. The SMILES string of the molecule is CCc1cccc(C(CC)(CC)NC[C@@H](O)[C@H](Cc2cc(F)cc(F)c2)NC(C)=O)c1. The molecule has 1 amide bonds. The lowest BCUT2D eigenvalue weighted by Gasteiger charge is -2.36. The minimum atomic E-state index is -0.943. The molecule has 0 saturated carbocycles. The van der Waals surface area contributed by atoms with E-state index in [1.54, 1.807) is 0 Å². The normalized spacial score (nSPS) is 13.6. The van der Waals surface area contributed by atoms with Gasteiger partial charge in [-0.15, -0.1) is 0 Å². The van der Waals surface area contributed by atoms with E-state index in [0.29, 0.717) is 5.56 Å². The molecule has 0 spiro atoms. The molecule has 2 aromatic rings. The summed E-state index contributed by atoms with van der Waals surface area (Å²) in [7, 11) is 0. The lowest BCUT2D eigenvalue weighted by atomic mass is 9.83. The van der Waals surface area contributed by atoms with Gasteiger partial charge in [-0.25, -0.2) is 8.78 Å². The zero-order valence-electron chi connectivity index (χ0n) is 18.8. The summed E-state index contributed by atoms with van der Waals surface area (Å²) in [4.78, 5) is 11.7. The van der Waals surface area contributed by atoms with E-state index >= 15 is 0 Å². The van der Waals surface area contributed by atoms with Crippen LogP contribution in [-0.4, -0.2) is 29.7 Å². The highest BCUT2D eigenvalue weighted by Gasteiger charge is 2.30. The third-order valence-electron chi connectivity index (χ3n) is 5.98. The molecule has 3 N–H and O–H groups in total. The van der Waals surface area contributed by atoms with Crippen molar-refractivity contribution in [3.05, 3.63) is 70.8 Å². The lowest BCUT2D eigenvalue weighted by Crippen LogP contribution is -2.52. The smallest absolute Gasteiger partial charge is 0.217 e. The van der Waals surface area contributed by atoms with Crippen molar-refractivity contribution in [1.29, 1.82) is 0 Å². The molecule has 0 fully saturated rings. The summed E-state index contributed by atoms with van der Waals surface area (Å²) in [6.07, 6.45) is 1.76. The maximum Gasteiger partial charge on any atom is 0.217 e. The van der Waals surface area contributed by atoms with Gasteiger partial charge in [-0.2, -0.15) is 0 Å². The second-order valence-electron chi connectivity index (χ2n) is 8.08. The second kappa shape index (κ2) is 11.3. The van der Waals surface area contributed by atoms with Crippen molar-refractivity contribution in [2.45, 2.75) is 71.1 Å². The minimum absolute atomic E-state index is 0.119. The van der Waals surface area contributed by atoms with E-state index in [9.17, 15) is 18.7 Å². The number of halogens is 2. The van der Waals surface area contributed by atoms with Gasteiger partial charge in [-0.3, -0.25) is 4.79 Å². The van der Waals surface area contributed by atoms with Crippen LogP contribution < -0.4 is 10.6 Å². The number of amides is 1. The summed E-state index contributed by atoms with van der Waals surface area (Å²) >= 11 is 0. The summed E-state index contributed by atoms with van der Waals surface area (Å²) in [5.41, 5.74) is 2.46. The molecular formula is C25H34F2N2O2. The fraction of sp³-hybridized carbons (Fsp3) is 0.480. The number of carbonyl (C=O) groups is 1. The Bertz CT molecular complexity index is 848. The van der Waals surface area contributed by atoms with E-state index in [2.05, 4.69) is 49.6 Å². The van der Waals surface area contributed by atoms with Crippen LogP contribution in [0.4, 0.5) is 8.78 Å². The van der Waals surface area contributed by atoms with E-state index in [1.807, 2.05) is 6.07 Å². The van der Waals surface area contributed by atoms with Crippen LogP contribution in [0, 0.1) is 11.6 Å². The Labute approximate surface area is 184 Å². The zero-order valence-corrected chi connectivity index (χ0v) is 18.8. The van der Waals surface area contributed by atoms with Crippen LogP contribution in [0.2, 0.25) is 0 Å². The summed E-state index contributed by atoms with van der Waals surface area (Å²) in [6, 6.07) is 11.0. The first-order valence-electron chi connectivity index (χ1n) is 11.0. The van der Waals surface area contributed by atoms with Gasteiger partial charge < -0.3 is 15.7 Å². The van der Waals surface area contributed by atoms with Crippen LogP contribution in [0.25, 0.3) is 0 Å². The molecule has 0 heterocycles. The molecule has 0 unspecified atom stereocenters. The summed E-state index contributed by atoms with van der Waals surface area (Å²) in [5.74, 6) is -1.68. The van der Waals surface area contributed by atoms with Crippen molar-refractivity contribution >= 4 is 5.91 Å². The van der Waals surface area contributed by atoms with Gasteiger partial charge >= 0.3 is 0 Å². The lowest BCUT2D eigenvalue weighted by molar-refractivity contribution is -0.120. The molecule has 0 aliphatic carbocycles. The van der Waals surface area contributed by atoms with Crippen molar-refractivity contribution < 1.29 is 18.7 Å². The molecule has 0 aromatic heterocycles. The fourth-order valence-electron chi connectivity index (χ4n) is 4.07. The molecule has 0 aliphatic rings. The predicted molar refractivity (Wildman–Crippen MR) is 120 cm³/mol. The third kappa shape index (κ3) is 6.84. The van der Waals surface area contributed by atoms with Gasteiger partial charge in [0.1, 0.15) is 11.6 Å². The zero-order chi connectivity index (χ0) is 23.0. The molecule has 31 heavy (non-hydrogen) atoms. The van der Waals surface area contributed by atoms with Gasteiger partial charge in [0.05, 0.1) is 12.1 Å². The molecule has 0 aliphatic heterocycles. The Balaban J connectivity index is 2.20. The van der Waals surface area contributed by atoms with Crippen LogP contribution in [0.3, 0.4) is 0 Å². The molecule has 2 aromatic carbocycles. The molecule has 2 atom stereocenters. The van der Waals surface area contributed by atoms with Gasteiger partial charge in [0.2, 0.25) is 5.91 Å². The van der Waals surface area contributed by atoms with Crippen molar-refractivity contribution in [2.24, 2.45) is 0 Å². The predicted octanol–water partition coefficient (Wildman–Crippen LogP) is 4.24. The number of carbonyl (C=O) groups excluding carboxylic acids is 1. The number of rotatable bonds is 11. The molecular weight excluding hydrogens is 398 g/mol. The number of hydrogen-bond donors (Lipinski definition) is 3. The fourth-order valence-corrected chi connectivity index (χ4v) is 4.07. The van der Waals surface area contributed by atoms with Gasteiger partial charge in [-0.05, 0) is 54.5 Å². The topological polar surface area (TPSA) is 61.4 Å². The van der Waals surface area contributed by atoms with Crippen molar-refractivity contribution in [1.82, 2.24) is 10.6 Å². The molecule has 2 rings (SSSR count). The molecule has 0 radical (unpaired) electrons. The van der Waals surface area contributed by atoms with Gasteiger partial charge in [0.15, 0.2) is 0 Å². The number of benzene rings is 2. The van der Waals surface area contributed by atoms with E-state index in [4.69, 9.17) is 0 Å². The Morgan fingerprint density at radius 1 is 1.03 bits per heavy atom. The van der Waals surface area contributed by atoms with E-state index in [0.717, 1.165) is 30.9 Å². The first-order valence-corrected chi connectivity index (χ1v) is 11.0. The van der Waals surface area contributed by atoms with E-state index in [1.165, 1.54) is 24.6 Å². The summed E-state index contributed by atoms with van der Waals surface area (Å²) in [6.45, 7) is 7.90. The minimum Gasteiger partial charge on any atom is -0.390 e. The van der Waals surface area contributed by atoms with Crippen molar-refractivity contribution in [3.8, 4) is 0 Å². The Hall–Kier alpha value is -2.31. The molecule has 170 valence electrons. The number of aliphatic hydroxyl groups is 1. The van der Waals surface area contributed by atoms with E-state index < -0.39 is 23.8 Å². The van der Waals surface area contributed by atoms with Gasteiger partial charge in [-0.1, -0.05) is 45.0 Å². The Kier molecular flexibility index (Phi) is 9.14. The number of hydrogen-bond acceptors (Lipinski definition) is 3. The standard InChI is InChI=1S/C25H34F2N2O2/c1-5-18-9-8-10-20(11-18)25(6-2,7-3)28-16-24(31)23(29-17(4)30)14-19-12-21(26)15-22(27)13-19/h8-13,15,23-24,28,31H,5-7,14,16H2,1-4H3,(H,29,30)/t23-,24+/m0/s1. The Morgan fingerprint density at radius 2 is 1.68 bits per heavy atom. The summed E-state index contributed by atoms with van der Waals surface area (Å²) < 4.78 is 27.2. The monoisotopic (exact) mass is 432 g/mol. The summed E-state index contributed by atoms with van der Waals surface area (Å²) in [5, 5.41) is 17.1. The molecule has 0 saturated heterocycles. The Morgan fingerprint density at radius 3 is 2.23 bits per heavy atom. The van der Waals surface area contributed by atoms with Crippen LogP contribution >= 0.6 is 0 Å². The quantitative estimate of drug-likeness (QED) is 0.498. The van der Waals surface area contributed by atoms with Crippen molar-refractivity contribution in [2.75, 3.05) is 6.54 Å². The molecule has 4 nitrogen and oxygen atoms in total. The number of nitrogens with one attached hydrogen (secondary N) is 2. The molecule has 0 bridgehead atoms. The highest BCUT2D eigenvalue weighted by Crippen LogP contribution is 2.29. The third-order valence-corrected chi connectivity index (χ3v) is 5.98. The van der Waals surface area contributed by atoms with Crippen LogP contribution in [0.15, 0.2) is 42.5 Å². The largest absolute Gasteiger partial charge is 0.390 e. The highest BCUT2D eigenvalue weighted by atomic mass is 19.1. The first-order chi connectivity index (χ1) is 14.7. The average molecular weight is 433 g/mol. The van der Waals surface area contributed by atoms with Crippen LogP contribution in [-0.2, 0) is 23.2 Å². The average Bonchev–Trinajstić information content (AvgIpc) is 2.73.